The topological polar surface area (TPSA) is 56.7 Å². The van der Waals surface area contributed by atoms with E-state index in [9.17, 15) is 5.11 Å². The van der Waals surface area contributed by atoms with Crippen LogP contribution in [0.1, 0.15) is 58.4 Å². The highest BCUT2D eigenvalue weighted by Crippen LogP contribution is 2.47. The zero-order valence-corrected chi connectivity index (χ0v) is 16.1. The van der Waals surface area contributed by atoms with Gasteiger partial charge in [0.05, 0.1) is 0 Å². The van der Waals surface area contributed by atoms with E-state index in [1.54, 1.807) is 0 Å². The van der Waals surface area contributed by atoms with E-state index in [0.29, 0.717) is 0 Å². The third kappa shape index (κ3) is 5.21. The summed E-state index contributed by atoms with van der Waals surface area (Å²) in [5.41, 5.74) is 1.80. The molecular formula is C21H35N3O. The van der Waals surface area contributed by atoms with Crippen molar-refractivity contribution in [3.63, 3.8) is 0 Å². The molecule has 2 rings (SSSR count). The summed E-state index contributed by atoms with van der Waals surface area (Å²) in [6, 6.07) is 10.8. The van der Waals surface area contributed by atoms with Crippen molar-refractivity contribution in [1.82, 2.24) is 10.6 Å². The highest BCUT2D eigenvalue weighted by molar-refractivity contribution is 5.80. The Bertz CT molecular complexity index is 533. The molecule has 1 fully saturated rings. The quantitative estimate of drug-likeness (QED) is 0.450. The lowest BCUT2D eigenvalue weighted by atomic mass is 9.79. The summed E-state index contributed by atoms with van der Waals surface area (Å²) in [6.07, 6.45) is 5.38. The van der Waals surface area contributed by atoms with E-state index in [2.05, 4.69) is 61.7 Å². The van der Waals surface area contributed by atoms with E-state index < -0.39 is 0 Å². The van der Waals surface area contributed by atoms with Crippen molar-refractivity contribution in [2.75, 3.05) is 26.2 Å². The van der Waals surface area contributed by atoms with Gasteiger partial charge >= 0.3 is 0 Å². The number of benzene rings is 1. The molecule has 0 aliphatic heterocycles. The lowest BCUT2D eigenvalue weighted by molar-refractivity contribution is 0.175. The molecule has 0 amide bonds. The molecule has 1 aliphatic rings. The van der Waals surface area contributed by atoms with Gasteiger partial charge < -0.3 is 15.7 Å². The lowest BCUT2D eigenvalue weighted by Crippen LogP contribution is -2.42. The number of hydrogen-bond donors (Lipinski definition) is 3. The van der Waals surface area contributed by atoms with Crippen LogP contribution in [0, 0.1) is 5.41 Å². The number of guanidine groups is 1. The molecule has 0 atom stereocenters. The molecular weight excluding hydrogens is 310 g/mol. The molecule has 4 heteroatoms. The fraction of sp³-hybridized carbons (Fsp3) is 0.667. The van der Waals surface area contributed by atoms with E-state index in [1.165, 1.54) is 18.4 Å². The maximum absolute atomic E-state index is 9.40. The first-order valence-electron chi connectivity index (χ1n) is 9.82. The summed E-state index contributed by atoms with van der Waals surface area (Å²) < 4.78 is 0. The largest absolute Gasteiger partial charge is 0.396 e. The van der Waals surface area contributed by atoms with Gasteiger partial charge in [0.15, 0.2) is 5.96 Å². The number of hydrogen-bond acceptors (Lipinski definition) is 2. The molecule has 0 saturated heterocycles. The molecule has 4 nitrogen and oxygen atoms in total. The minimum absolute atomic E-state index is 0.105. The number of rotatable bonds is 10. The van der Waals surface area contributed by atoms with Crippen LogP contribution in [-0.4, -0.2) is 37.3 Å². The fourth-order valence-corrected chi connectivity index (χ4v) is 3.49. The summed E-state index contributed by atoms with van der Waals surface area (Å²) in [4.78, 5) is 4.85. The van der Waals surface area contributed by atoms with Crippen LogP contribution in [-0.2, 0) is 5.41 Å². The second-order valence-corrected chi connectivity index (χ2v) is 7.38. The molecule has 0 aromatic heterocycles. The second-order valence-electron chi connectivity index (χ2n) is 7.38. The van der Waals surface area contributed by atoms with Crippen molar-refractivity contribution in [3.8, 4) is 0 Å². The first-order valence-corrected chi connectivity index (χ1v) is 9.82. The van der Waals surface area contributed by atoms with Crippen LogP contribution in [0.5, 0.6) is 0 Å². The monoisotopic (exact) mass is 345 g/mol. The van der Waals surface area contributed by atoms with Gasteiger partial charge in [0.25, 0.3) is 0 Å². The van der Waals surface area contributed by atoms with Crippen LogP contribution in [0.4, 0.5) is 0 Å². The van der Waals surface area contributed by atoms with Crippen molar-refractivity contribution in [2.45, 2.75) is 58.3 Å². The van der Waals surface area contributed by atoms with Gasteiger partial charge in [-0.25, -0.2) is 0 Å². The molecule has 1 aromatic carbocycles. The highest BCUT2D eigenvalue weighted by Gasteiger charge is 2.44. The highest BCUT2D eigenvalue weighted by atomic mass is 16.3. The zero-order chi connectivity index (χ0) is 18.2. The maximum Gasteiger partial charge on any atom is 0.191 e. The molecule has 25 heavy (non-hydrogen) atoms. The van der Waals surface area contributed by atoms with Gasteiger partial charge in [-0.1, -0.05) is 44.2 Å². The molecule has 0 heterocycles. The molecule has 3 N–H and O–H groups in total. The number of aliphatic imine (C=N–C) groups is 1. The molecule has 0 spiro atoms. The van der Waals surface area contributed by atoms with Crippen LogP contribution < -0.4 is 10.6 Å². The van der Waals surface area contributed by atoms with E-state index in [4.69, 9.17) is 4.99 Å². The summed E-state index contributed by atoms with van der Waals surface area (Å²) in [5.74, 6) is 0.897. The number of nitrogens with zero attached hydrogens (tertiary/aromatic N) is 1. The summed E-state index contributed by atoms with van der Waals surface area (Å²) >= 11 is 0. The Hall–Kier alpha value is -1.55. The predicted octanol–water partition coefficient (Wildman–Crippen LogP) is 3.46. The van der Waals surface area contributed by atoms with Crippen LogP contribution in [0.3, 0.4) is 0 Å². The Morgan fingerprint density at radius 3 is 2.32 bits per heavy atom. The first kappa shape index (κ1) is 19.8. The zero-order valence-electron chi connectivity index (χ0n) is 16.1. The standard InChI is InChI=1S/C21H35N3O/c1-4-20(5-2,14-15-25)16-23-19(22-6-3)24-17-21(12-13-21)18-10-8-7-9-11-18/h7-11,25H,4-6,12-17H2,1-3H3,(H2,22,23,24). The molecule has 0 unspecified atom stereocenters. The van der Waals surface area contributed by atoms with Crippen molar-refractivity contribution >= 4 is 5.96 Å². The Morgan fingerprint density at radius 2 is 1.80 bits per heavy atom. The van der Waals surface area contributed by atoms with Crippen molar-refractivity contribution in [2.24, 2.45) is 10.4 Å². The van der Waals surface area contributed by atoms with Gasteiger partial charge in [-0.3, -0.25) is 4.99 Å². The van der Waals surface area contributed by atoms with Crippen molar-refractivity contribution in [3.05, 3.63) is 35.9 Å². The molecule has 0 radical (unpaired) electrons. The van der Waals surface area contributed by atoms with Gasteiger partial charge in [0.2, 0.25) is 0 Å². The SMILES string of the molecule is CCNC(=NCC(CC)(CC)CCO)NCC1(c2ccccc2)CC1. The molecule has 0 bridgehead atoms. The van der Waals surface area contributed by atoms with Crippen LogP contribution in [0.15, 0.2) is 35.3 Å². The maximum atomic E-state index is 9.40. The summed E-state index contributed by atoms with van der Waals surface area (Å²) in [5, 5.41) is 16.3. The van der Waals surface area contributed by atoms with Crippen LogP contribution >= 0.6 is 0 Å². The first-order chi connectivity index (χ1) is 12.1. The van der Waals surface area contributed by atoms with Gasteiger partial charge in [0.1, 0.15) is 0 Å². The smallest absolute Gasteiger partial charge is 0.191 e. The Labute approximate surface area is 153 Å². The Balaban J connectivity index is 2.00. The second kappa shape index (κ2) is 9.23. The average Bonchev–Trinajstić information content (AvgIpc) is 3.45. The Kier molecular flexibility index (Phi) is 7.30. The number of aliphatic hydroxyl groups excluding tert-OH is 1. The van der Waals surface area contributed by atoms with E-state index >= 15 is 0 Å². The third-order valence-corrected chi connectivity index (χ3v) is 5.89. The van der Waals surface area contributed by atoms with Crippen LogP contribution in [0.2, 0.25) is 0 Å². The molecule has 1 aliphatic carbocycles. The van der Waals surface area contributed by atoms with Gasteiger partial charge in [-0.05, 0) is 50.0 Å². The van der Waals surface area contributed by atoms with Crippen LogP contribution in [0.25, 0.3) is 0 Å². The number of nitrogens with one attached hydrogen (secondary N) is 2. The third-order valence-electron chi connectivity index (χ3n) is 5.89. The molecule has 1 saturated carbocycles. The normalized spacial score (nSPS) is 16.6. The minimum atomic E-state index is 0.105. The van der Waals surface area contributed by atoms with Gasteiger partial charge in [-0.15, -0.1) is 0 Å². The van der Waals surface area contributed by atoms with Gasteiger partial charge in [0, 0.05) is 31.7 Å². The van der Waals surface area contributed by atoms with Gasteiger partial charge in [-0.2, -0.15) is 0 Å². The average molecular weight is 346 g/mol. The summed E-state index contributed by atoms with van der Waals surface area (Å²) in [7, 11) is 0. The minimum Gasteiger partial charge on any atom is -0.396 e. The van der Waals surface area contributed by atoms with E-state index in [-0.39, 0.29) is 17.4 Å². The fourth-order valence-electron chi connectivity index (χ4n) is 3.49. The lowest BCUT2D eigenvalue weighted by Gasteiger charge is -2.29. The van der Waals surface area contributed by atoms with E-state index in [0.717, 1.165) is 44.9 Å². The van der Waals surface area contributed by atoms with Crippen molar-refractivity contribution in [1.29, 1.82) is 0 Å². The predicted molar refractivity (Wildman–Crippen MR) is 106 cm³/mol. The molecule has 1 aromatic rings. The van der Waals surface area contributed by atoms with Crippen molar-refractivity contribution < 1.29 is 5.11 Å². The van der Waals surface area contributed by atoms with E-state index in [1.807, 2.05) is 0 Å². The summed E-state index contributed by atoms with van der Waals surface area (Å²) in [6.45, 7) is 9.27. The molecule has 140 valence electrons. The number of aliphatic hydroxyl groups is 1. The Morgan fingerprint density at radius 1 is 1.12 bits per heavy atom.